The van der Waals surface area contributed by atoms with Crippen molar-refractivity contribution in [1.82, 2.24) is 4.98 Å². The van der Waals surface area contributed by atoms with Crippen molar-refractivity contribution >= 4 is 63.3 Å². The van der Waals surface area contributed by atoms with Crippen molar-refractivity contribution in [3.8, 4) is 0 Å². The highest BCUT2D eigenvalue weighted by Gasteiger charge is 2.24. The molecule has 0 aliphatic carbocycles. The fourth-order valence-corrected chi connectivity index (χ4v) is 5.01. The topological polar surface area (TPSA) is 50.3 Å². The Balaban J connectivity index is 1.66. The number of hydrogen-bond donors (Lipinski definition) is 0. The molecule has 1 aliphatic rings. The predicted molar refractivity (Wildman–Crippen MR) is 116 cm³/mol. The molecule has 152 valence electrons. The Morgan fingerprint density at radius 3 is 2.77 bits per heavy atom. The zero-order valence-electron chi connectivity index (χ0n) is 15.5. The molecule has 0 saturated carbocycles. The highest BCUT2D eigenvalue weighted by Crippen LogP contribution is 2.36. The molecule has 1 amide bonds. The molecule has 0 spiro atoms. The van der Waals surface area contributed by atoms with Gasteiger partial charge >= 0.3 is 0 Å². The summed E-state index contributed by atoms with van der Waals surface area (Å²) in [6, 6.07) is 8.18. The van der Waals surface area contributed by atoms with E-state index in [0.29, 0.717) is 33.7 Å². The first-order chi connectivity index (χ1) is 14.3. The number of fused-ring (bicyclic) bond motifs is 1. The Labute approximate surface area is 184 Å². The zero-order chi connectivity index (χ0) is 21.4. The number of thioether (sulfide) groups is 1. The SMILES string of the molecule is CC(=O)N(c1nc(/C=C2\CSc3ccc(Cl)cc3C2=O)cs1)c1ccc(F)cc1F. The first-order valence-corrected chi connectivity index (χ1v) is 11.0. The molecule has 9 heteroatoms. The van der Waals surface area contributed by atoms with Crippen LogP contribution in [0.1, 0.15) is 23.0 Å². The zero-order valence-corrected chi connectivity index (χ0v) is 17.9. The van der Waals surface area contributed by atoms with Crippen molar-refractivity contribution < 1.29 is 18.4 Å². The molecule has 0 fully saturated rings. The van der Waals surface area contributed by atoms with Gasteiger partial charge in [0.2, 0.25) is 5.91 Å². The number of rotatable bonds is 3. The van der Waals surface area contributed by atoms with Crippen LogP contribution in [0.5, 0.6) is 0 Å². The molecule has 3 aromatic rings. The summed E-state index contributed by atoms with van der Waals surface area (Å²) in [5.41, 5.74) is 1.47. The lowest BCUT2D eigenvalue weighted by atomic mass is 10.0. The Morgan fingerprint density at radius 1 is 1.23 bits per heavy atom. The molecule has 0 radical (unpaired) electrons. The molecule has 0 saturated heterocycles. The third-order valence-corrected chi connectivity index (χ3v) is 6.55. The molecule has 4 rings (SSSR count). The average molecular weight is 463 g/mol. The van der Waals surface area contributed by atoms with E-state index in [1.54, 1.807) is 23.6 Å². The van der Waals surface area contributed by atoms with Crippen LogP contribution >= 0.6 is 34.7 Å². The minimum Gasteiger partial charge on any atom is -0.289 e. The molecular formula is C21H13ClF2N2O2S2. The smallest absolute Gasteiger partial charge is 0.230 e. The lowest BCUT2D eigenvalue weighted by Gasteiger charge is -2.18. The molecule has 0 N–H and O–H groups in total. The first kappa shape index (κ1) is 20.7. The standard InChI is InChI=1S/C21H13ClF2N2O2S2/c1-11(27)26(18-4-3-14(23)8-17(18)24)21-25-15(10-30-21)6-12-9-29-19-5-2-13(22)7-16(19)20(12)28/h2-8,10H,9H2,1H3/b12-6+. The number of ketones is 1. The van der Waals surface area contributed by atoms with Crippen molar-refractivity contribution in [3.63, 3.8) is 0 Å². The number of carbonyl (C=O) groups excluding carboxylic acids is 2. The van der Waals surface area contributed by atoms with Gasteiger partial charge in [-0.25, -0.2) is 13.8 Å². The molecule has 30 heavy (non-hydrogen) atoms. The molecule has 2 aromatic carbocycles. The summed E-state index contributed by atoms with van der Waals surface area (Å²) in [5.74, 6) is -1.73. The van der Waals surface area contributed by atoms with Crippen molar-refractivity contribution in [3.05, 3.63) is 75.3 Å². The number of thiazole rings is 1. The number of aromatic nitrogens is 1. The summed E-state index contributed by atoms with van der Waals surface area (Å²) in [6.07, 6.45) is 1.65. The van der Waals surface area contributed by atoms with Crippen LogP contribution in [0, 0.1) is 11.6 Å². The molecule has 1 aromatic heterocycles. The van der Waals surface area contributed by atoms with Crippen LogP contribution in [0.4, 0.5) is 19.6 Å². The average Bonchev–Trinajstić information content (AvgIpc) is 3.14. The Bertz CT molecular complexity index is 1210. The van der Waals surface area contributed by atoms with Crippen LogP contribution in [0.3, 0.4) is 0 Å². The summed E-state index contributed by atoms with van der Waals surface area (Å²) < 4.78 is 27.5. The Hall–Kier alpha value is -2.55. The van der Waals surface area contributed by atoms with Gasteiger partial charge in [0.05, 0.1) is 11.4 Å². The number of amides is 1. The van der Waals surface area contributed by atoms with Gasteiger partial charge in [0, 0.05) is 45.2 Å². The number of hydrogen-bond acceptors (Lipinski definition) is 5. The minimum atomic E-state index is -0.868. The quantitative estimate of drug-likeness (QED) is 0.439. The summed E-state index contributed by atoms with van der Waals surface area (Å²) in [7, 11) is 0. The van der Waals surface area contributed by atoms with E-state index in [2.05, 4.69) is 4.98 Å². The fourth-order valence-electron chi connectivity index (χ4n) is 3.00. The van der Waals surface area contributed by atoms with Crippen LogP contribution in [0.25, 0.3) is 6.08 Å². The fraction of sp³-hybridized carbons (Fsp3) is 0.0952. The largest absolute Gasteiger partial charge is 0.289 e. The van der Waals surface area contributed by atoms with Gasteiger partial charge in [-0.2, -0.15) is 0 Å². The van der Waals surface area contributed by atoms with E-state index in [-0.39, 0.29) is 16.6 Å². The van der Waals surface area contributed by atoms with E-state index in [4.69, 9.17) is 11.6 Å². The molecule has 4 nitrogen and oxygen atoms in total. The van der Waals surface area contributed by atoms with Gasteiger partial charge in [-0.1, -0.05) is 11.6 Å². The van der Waals surface area contributed by atoms with Crippen molar-refractivity contribution in [2.24, 2.45) is 0 Å². The van der Waals surface area contributed by atoms with Crippen LogP contribution < -0.4 is 4.90 Å². The van der Waals surface area contributed by atoms with Gasteiger partial charge in [-0.15, -0.1) is 23.1 Å². The van der Waals surface area contributed by atoms with Gasteiger partial charge in [0.25, 0.3) is 0 Å². The minimum absolute atomic E-state index is 0.0923. The van der Waals surface area contributed by atoms with Gasteiger partial charge in [-0.3, -0.25) is 14.5 Å². The van der Waals surface area contributed by atoms with Crippen molar-refractivity contribution in [2.75, 3.05) is 10.7 Å². The normalized spacial score (nSPS) is 14.7. The third kappa shape index (κ3) is 4.03. The maximum atomic E-state index is 14.2. The molecule has 2 heterocycles. The summed E-state index contributed by atoms with van der Waals surface area (Å²) >= 11 is 8.66. The van der Waals surface area contributed by atoms with E-state index in [1.165, 1.54) is 24.8 Å². The van der Waals surface area contributed by atoms with E-state index < -0.39 is 17.5 Å². The number of halogens is 3. The first-order valence-electron chi connectivity index (χ1n) is 8.72. The number of Topliss-reactive ketones (excluding diaryl/α,β-unsaturated/α-hetero) is 1. The van der Waals surface area contributed by atoms with Crippen molar-refractivity contribution in [1.29, 1.82) is 0 Å². The Morgan fingerprint density at radius 2 is 2.03 bits per heavy atom. The van der Waals surface area contributed by atoms with Crippen LogP contribution in [0.2, 0.25) is 5.02 Å². The lowest BCUT2D eigenvalue weighted by Crippen LogP contribution is -2.23. The molecule has 0 atom stereocenters. The summed E-state index contributed by atoms with van der Waals surface area (Å²) in [5, 5.41) is 2.38. The second-order valence-corrected chi connectivity index (χ2v) is 8.72. The van der Waals surface area contributed by atoms with Crippen LogP contribution in [0.15, 0.2) is 52.2 Å². The number of nitrogens with zero attached hydrogens (tertiary/aromatic N) is 2. The van der Waals surface area contributed by atoms with Gasteiger partial charge in [0.15, 0.2) is 10.9 Å². The van der Waals surface area contributed by atoms with Gasteiger partial charge in [0.1, 0.15) is 11.6 Å². The highest BCUT2D eigenvalue weighted by molar-refractivity contribution is 7.99. The van der Waals surface area contributed by atoms with Crippen LogP contribution in [-0.2, 0) is 4.79 Å². The second kappa shape index (κ2) is 8.29. The molecular weight excluding hydrogens is 450 g/mol. The third-order valence-electron chi connectivity index (χ3n) is 4.35. The van der Waals surface area contributed by atoms with Gasteiger partial charge in [-0.05, 0) is 36.4 Å². The van der Waals surface area contributed by atoms with E-state index >= 15 is 0 Å². The highest BCUT2D eigenvalue weighted by atomic mass is 35.5. The maximum Gasteiger partial charge on any atom is 0.230 e. The van der Waals surface area contributed by atoms with Gasteiger partial charge < -0.3 is 0 Å². The maximum absolute atomic E-state index is 14.2. The van der Waals surface area contributed by atoms with E-state index in [1.807, 2.05) is 6.07 Å². The van der Waals surface area contributed by atoms with E-state index in [0.717, 1.165) is 27.2 Å². The number of benzene rings is 2. The lowest BCUT2D eigenvalue weighted by molar-refractivity contribution is -0.115. The molecule has 1 aliphatic heterocycles. The summed E-state index contributed by atoms with van der Waals surface area (Å²) in [4.78, 5) is 31.3. The molecule has 0 unspecified atom stereocenters. The number of carbonyl (C=O) groups is 2. The Kier molecular flexibility index (Phi) is 5.73. The second-order valence-electron chi connectivity index (χ2n) is 6.43. The van der Waals surface area contributed by atoms with Crippen LogP contribution in [-0.4, -0.2) is 22.4 Å². The summed E-state index contributed by atoms with van der Waals surface area (Å²) in [6.45, 7) is 1.27. The monoisotopic (exact) mass is 462 g/mol. The van der Waals surface area contributed by atoms with Crippen molar-refractivity contribution in [2.45, 2.75) is 11.8 Å². The van der Waals surface area contributed by atoms with E-state index in [9.17, 15) is 18.4 Å². The molecule has 0 bridgehead atoms. The predicted octanol–water partition coefficient (Wildman–Crippen LogP) is 6.13. The number of anilines is 2.